The molecule has 23 heavy (non-hydrogen) atoms. The average Bonchev–Trinajstić information content (AvgIpc) is 2.52. The Bertz CT molecular complexity index is 701. The molecule has 0 unspecified atom stereocenters. The summed E-state index contributed by atoms with van der Waals surface area (Å²) in [5.41, 5.74) is 3.30. The van der Waals surface area contributed by atoms with Crippen LogP contribution >= 0.6 is 0 Å². The number of para-hydroxylation sites is 1. The first-order valence-electron chi connectivity index (χ1n) is 6.69. The number of rotatable bonds is 4. The lowest BCUT2D eigenvalue weighted by Gasteiger charge is -2.20. The molecule has 2 aromatic rings. The zero-order valence-corrected chi connectivity index (χ0v) is 12.4. The molecule has 122 valence electrons. The largest absolute Gasteiger partial charge is 0.508 e. The number of urea groups is 1. The Morgan fingerprint density at radius 3 is 2.74 bits per heavy atom. The molecule has 2 aromatic carbocycles. The van der Waals surface area contributed by atoms with Crippen LogP contribution in [0.4, 0.5) is 14.9 Å². The minimum atomic E-state index is -0.704. The Balaban J connectivity index is 2.24. The van der Waals surface area contributed by atoms with Gasteiger partial charge in [0.1, 0.15) is 12.4 Å². The number of halogens is 1. The van der Waals surface area contributed by atoms with E-state index in [-0.39, 0.29) is 18.1 Å². The van der Waals surface area contributed by atoms with E-state index >= 15 is 0 Å². The molecule has 2 amide bonds. The van der Waals surface area contributed by atoms with Gasteiger partial charge >= 0.3 is 6.03 Å². The summed E-state index contributed by atoms with van der Waals surface area (Å²) < 4.78 is 19.3. The van der Waals surface area contributed by atoms with Crippen molar-refractivity contribution in [3.63, 3.8) is 0 Å². The number of phenols is 1. The van der Waals surface area contributed by atoms with Crippen LogP contribution in [0, 0.1) is 12.7 Å². The predicted octanol–water partition coefficient (Wildman–Crippen LogP) is 1.68. The van der Waals surface area contributed by atoms with Crippen LogP contribution in [0.2, 0.25) is 0 Å². The molecule has 0 aromatic heterocycles. The van der Waals surface area contributed by atoms with E-state index in [0.717, 1.165) is 11.1 Å². The molecule has 0 aliphatic heterocycles. The maximum Gasteiger partial charge on any atom is 0.350 e. The standard InChI is InChI=1S/C15H17FN4O3/c1-9-6-11(21)7-12(16)14(9)23-8-10-4-2-3-5-13(10)20(18)15(22)19-17/h2-7,21H,8,17-18H2,1H3,(H,19,22). The third-order valence-corrected chi connectivity index (χ3v) is 3.18. The number of nitrogens with one attached hydrogen (secondary N) is 1. The minimum Gasteiger partial charge on any atom is -0.508 e. The van der Waals surface area contributed by atoms with Gasteiger partial charge in [0.25, 0.3) is 0 Å². The normalized spacial score (nSPS) is 10.3. The first-order chi connectivity index (χ1) is 10.9. The van der Waals surface area contributed by atoms with Crippen LogP contribution in [-0.2, 0) is 6.61 Å². The molecule has 6 N–H and O–H groups in total. The second kappa shape index (κ2) is 6.95. The van der Waals surface area contributed by atoms with Gasteiger partial charge in [0.05, 0.1) is 5.69 Å². The van der Waals surface area contributed by atoms with Gasteiger partial charge in [-0.25, -0.2) is 25.9 Å². The second-order valence-electron chi connectivity index (χ2n) is 4.81. The molecule has 0 aliphatic rings. The fourth-order valence-corrected chi connectivity index (χ4v) is 2.09. The van der Waals surface area contributed by atoms with E-state index < -0.39 is 11.8 Å². The van der Waals surface area contributed by atoms with Crippen LogP contribution in [0.5, 0.6) is 11.5 Å². The molecule has 0 heterocycles. The number of benzene rings is 2. The highest BCUT2D eigenvalue weighted by molar-refractivity contribution is 5.91. The molecule has 0 radical (unpaired) electrons. The van der Waals surface area contributed by atoms with Crippen LogP contribution in [0.15, 0.2) is 36.4 Å². The lowest BCUT2D eigenvalue weighted by atomic mass is 10.1. The van der Waals surface area contributed by atoms with E-state index in [9.17, 15) is 14.3 Å². The van der Waals surface area contributed by atoms with Crippen LogP contribution < -0.4 is 26.9 Å². The van der Waals surface area contributed by atoms with Crippen molar-refractivity contribution in [2.75, 3.05) is 5.01 Å². The summed E-state index contributed by atoms with van der Waals surface area (Å²) in [4.78, 5) is 11.5. The molecule has 8 heteroatoms. The summed E-state index contributed by atoms with van der Waals surface area (Å²) in [6.45, 7) is 1.59. The van der Waals surface area contributed by atoms with Gasteiger partial charge in [-0.1, -0.05) is 18.2 Å². The Labute approximate surface area is 132 Å². The lowest BCUT2D eigenvalue weighted by molar-refractivity contribution is 0.246. The van der Waals surface area contributed by atoms with Crippen LogP contribution in [0.1, 0.15) is 11.1 Å². The van der Waals surface area contributed by atoms with Gasteiger partial charge < -0.3 is 9.84 Å². The summed E-state index contributed by atoms with van der Waals surface area (Å²) in [6, 6.07) is 8.36. The number of anilines is 1. The molecular formula is C15H17FN4O3. The average molecular weight is 320 g/mol. The summed E-state index contributed by atoms with van der Waals surface area (Å²) in [5, 5.41) is 10.2. The van der Waals surface area contributed by atoms with E-state index in [4.69, 9.17) is 16.4 Å². The fraction of sp³-hybridized carbons (Fsp3) is 0.133. The predicted molar refractivity (Wildman–Crippen MR) is 83.0 cm³/mol. The second-order valence-corrected chi connectivity index (χ2v) is 4.81. The molecule has 0 atom stereocenters. The van der Waals surface area contributed by atoms with Crippen LogP contribution in [0.3, 0.4) is 0 Å². The van der Waals surface area contributed by atoms with Crippen molar-refractivity contribution >= 4 is 11.7 Å². The third-order valence-electron chi connectivity index (χ3n) is 3.18. The highest BCUT2D eigenvalue weighted by Crippen LogP contribution is 2.28. The molecule has 0 saturated heterocycles. The van der Waals surface area contributed by atoms with E-state index in [1.807, 2.05) is 5.43 Å². The maximum absolute atomic E-state index is 13.9. The smallest absolute Gasteiger partial charge is 0.350 e. The number of nitrogens with zero attached hydrogens (tertiary/aromatic N) is 1. The Kier molecular flexibility index (Phi) is 4.99. The molecule has 0 bridgehead atoms. The molecule has 0 fully saturated rings. The van der Waals surface area contributed by atoms with E-state index in [2.05, 4.69) is 0 Å². The zero-order chi connectivity index (χ0) is 17.0. The van der Waals surface area contributed by atoms with E-state index in [1.54, 1.807) is 31.2 Å². The number of ether oxygens (including phenoxy) is 1. The van der Waals surface area contributed by atoms with Gasteiger partial charge in [0.2, 0.25) is 0 Å². The minimum absolute atomic E-state index is 0.0180. The molecule has 7 nitrogen and oxygen atoms in total. The number of carbonyl (C=O) groups excluding carboxylic acids is 1. The lowest BCUT2D eigenvalue weighted by Crippen LogP contribution is -2.48. The van der Waals surface area contributed by atoms with Gasteiger partial charge in [-0.3, -0.25) is 5.43 Å². The highest BCUT2D eigenvalue weighted by Gasteiger charge is 2.15. The number of nitrogens with two attached hydrogens (primary N) is 2. The van der Waals surface area contributed by atoms with E-state index in [0.29, 0.717) is 16.8 Å². The third kappa shape index (κ3) is 3.68. The molecule has 0 saturated carbocycles. The number of hydrogen-bond donors (Lipinski definition) is 4. The van der Waals surface area contributed by atoms with Crippen molar-refractivity contribution in [1.82, 2.24) is 5.43 Å². The van der Waals surface area contributed by atoms with Crippen molar-refractivity contribution in [3.05, 3.63) is 53.3 Å². The van der Waals surface area contributed by atoms with Gasteiger partial charge in [-0.05, 0) is 24.6 Å². The topological polar surface area (TPSA) is 114 Å². The molecule has 0 spiro atoms. The molecule has 0 aliphatic carbocycles. The summed E-state index contributed by atoms with van der Waals surface area (Å²) in [5.74, 6) is 9.89. The number of carbonyl (C=O) groups is 1. The summed E-state index contributed by atoms with van der Waals surface area (Å²) in [6.07, 6.45) is 0. The van der Waals surface area contributed by atoms with Crippen molar-refractivity contribution in [1.29, 1.82) is 0 Å². The fourth-order valence-electron chi connectivity index (χ4n) is 2.09. The first kappa shape index (κ1) is 16.5. The maximum atomic E-state index is 13.9. The molecule has 2 rings (SSSR count). The highest BCUT2D eigenvalue weighted by atomic mass is 19.1. The van der Waals surface area contributed by atoms with Crippen molar-refractivity contribution < 1.29 is 19.0 Å². The monoisotopic (exact) mass is 320 g/mol. The van der Waals surface area contributed by atoms with Gasteiger partial charge in [0.15, 0.2) is 11.6 Å². The van der Waals surface area contributed by atoms with Crippen LogP contribution in [-0.4, -0.2) is 11.1 Å². The Morgan fingerprint density at radius 2 is 2.09 bits per heavy atom. The number of aryl methyl sites for hydroxylation is 1. The number of hydrazine groups is 2. The van der Waals surface area contributed by atoms with Crippen molar-refractivity contribution in [2.45, 2.75) is 13.5 Å². The van der Waals surface area contributed by atoms with Gasteiger partial charge in [-0.2, -0.15) is 0 Å². The summed E-state index contributed by atoms with van der Waals surface area (Å²) in [7, 11) is 0. The number of phenolic OH excluding ortho intramolecular Hbond substituents is 1. The summed E-state index contributed by atoms with van der Waals surface area (Å²) >= 11 is 0. The molecular weight excluding hydrogens is 303 g/mol. The number of hydrogen-bond acceptors (Lipinski definition) is 5. The number of aromatic hydroxyl groups is 1. The van der Waals surface area contributed by atoms with E-state index in [1.165, 1.54) is 6.07 Å². The van der Waals surface area contributed by atoms with Crippen molar-refractivity contribution in [3.8, 4) is 11.5 Å². The quantitative estimate of drug-likeness (QED) is 0.389. The van der Waals surface area contributed by atoms with Crippen LogP contribution in [0.25, 0.3) is 0 Å². The van der Waals surface area contributed by atoms with Gasteiger partial charge in [0, 0.05) is 11.6 Å². The SMILES string of the molecule is Cc1cc(O)cc(F)c1OCc1ccccc1N(N)C(=O)NN. The first-order valence-corrected chi connectivity index (χ1v) is 6.69. The number of amides is 2. The van der Waals surface area contributed by atoms with Gasteiger partial charge in [-0.15, -0.1) is 0 Å². The Hall–Kier alpha value is -2.84. The Morgan fingerprint density at radius 1 is 1.39 bits per heavy atom. The van der Waals surface area contributed by atoms with Crippen molar-refractivity contribution in [2.24, 2.45) is 11.7 Å². The zero-order valence-electron chi connectivity index (χ0n) is 12.4.